The second-order valence-corrected chi connectivity index (χ2v) is 9.86. The van der Waals surface area contributed by atoms with E-state index in [1.807, 2.05) is 30.3 Å². The number of sulfonamides is 1. The molecule has 31 heavy (non-hydrogen) atoms. The van der Waals surface area contributed by atoms with Crippen LogP contribution in [0.25, 0.3) is 0 Å². The Bertz CT molecular complexity index is 1130. The van der Waals surface area contributed by atoms with Crippen LogP contribution in [0, 0.1) is 0 Å². The number of rotatable bonds is 8. The van der Waals surface area contributed by atoms with Crippen molar-refractivity contribution in [1.82, 2.24) is 4.31 Å². The van der Waals surface area contributed by atoms with Gasteiger partial charge in [0.15, 0.2) is 0 Å². The third-order valence-electron chi connectivity index (χ3n) is 4.49. The van der Waals surface area contributed by atoms with Crippen molar-refractivity contribution in [2.75, 3.05) is 18.4 Å². The van der Waals surface area contributed by atoms with Gasteiger partial charge in [-0.2, -0.15) is 4.31 Å². The summed E-state index contributed by atoms with van der Waals surface area (Å²) in [6.45, 7) is -0.294. The summed E-state index contributed by atoms with van der Waals surface area (Å²) in [5.74, 6) is -0.555. The van der Waals surface area contributed by atoms with Gasteiger partial charge in [0.05, 0.1) is 27.2 Å². The van der Waals surface area contributed by atoms with Crippen molar-refractivity contribution in [2.45, 2.75) is 11.3 Å². The van der Waals surface area contributed by atoms with Crippen LogP contribution >= 0.6 is 34.8 Å². The lowest BCUT2D eigenvalue weighted by atomic mass is 10.1. The Kier molecular flexibility index (Phi) is 7.97. The van der Waals surface area contributed by atoms with Crippen molar-refractivity contribution in [3.8, 4) is 0 Å². The fraction of sp³-hybridized carbons (Fsp3) is 0.136. The summed E-state index contributed by atoms with van der Waals surface area (Å²) in [6.07, 6.45) is 0.438. The van der Waals surface area contributed by atoms with Crippen LogP contribution in [0.4, 0.5) is 5.69 Å². The number of hydrogen-bond donors (Lipinski definition) is 1. The van der Waals surface area contributed by atoms with Crippen molar-refractivity contribution in [1.29, 1.82) is 0 Å². The van der Waals surface area contributed by atoms with E-state index in [0.29, 0.717) is 11.4 Å². The quantitative estimate of drug-likeness (QED) is 0.446. The van der Waals surface area contributed by atoms with Crippen LogP contribution in [0.1, 0.15) is 5.56 Å². The first kappa shape index (κ1) is 23.6. The van der Waals surface area contributed by atoms with E-state index in [9.17, 15) is 13.2 Å². The Morgan fingerprint density at radius 1 is 0.839 bits per heavy atom. The largest absolute Gasteiger partial charge is 0.322 e. The number of carbonyl (C=O) groups excluding carboxylic acids is 1. The second-order valence-electron chi connectivity index (χ2n) is 6.67. The fourth-order valence-corrected chi connectivity index (χ4v) is 4.91. The summed E-state index contributed by atoms with van der Waals surface area (Å²) in [5, 5.41) is 3.55. The third-order valence-corrected chi connectivity index (χ3v) is 7.23. The van der Waals surface area contributed by atoms with Crippen molar-refractivity contribution in [3.05, 3.63) is 93.4 Å². The predicted molar refractivity (Wildman–Crippen MR) is 125 cm³/mol. The van der Waals surface area contributed by atoms with Gasteiger partial charge in [-0.05, 0) is 48.4 Å². The summed E-state index contributed by atoms with van der Waals surface area (Å²) in [6, 6.07) is 20.1. The maximum atomic E-state index is 13.2. The Hall–Kier alpha value is -2.09. The Morgan fingerprint density at radius 2 is 1.45 bits per heavy atom. The molecular formula is C22H19Cl3N2O3S. The number of hydrogen-bond acceptors (Lipinski definition) is 3. The first-order chi connectivity index (χ1) is 14.8. The van der Waals surface area contributed by atoms with Crippen LogP contribution < -0.4 is 5.32 Å². The van der Waals surface area contributed by atoms with Gasteiger partial charge in [-0.25, -0.2) is 8.42 Å². The number of carbonyl (C=O) groups is 1. The van der Waals surface area contributed by atoms with E-state index in [1.54, 1.807) is 18.2 Å². The van der Waals surface area contributed by atoms with Gasteiger partial charge in [0.2, 0.25) is 15.9 Å². The molecule has 0 bridgehead atoms. The lowest BCUT2D eigenvalue weighted by Crippen LogP contribution is -2.39. The molecule has 0 heterocycles. The van der Waals surface area contributed by atoms with E-state index in [-0.39, 0.29) is 27.2 Å². The topological polar surface area (TPSA) is 66.5 Å². The monoisotopic (exact) mass is 496 g/mol. The van der Waals surface area contributed by atoms with Crippen molar-refractivity contribution < 1.29 is 13.2 Å². The molecule has 0 aliphatic heterocycles. The number of amides is 1. The average Bonchev–Trinajstić information content (AvgIpc) is 2.75. The van der Waals surface area contributed by atoms with Gasteiger partial charge in [-0.15, -0.1) is 0 Å². The number of halogens is 3. The summed E-state index contributed by atoms with van der Waals surface area (Å²) >= 11 is 18.1. The van der Waals surface area contributed by atoms with Crippen LogP contribution in [0.3, 0.4) is 0 Å². The first-order valence-electron chi connectivity index (χ1n) is 9.31. The maximum Gasteiger partial charge on any atom is 0.243 e. The number of nitrogens with zero attached hydrogens (tertiary/aromatic N) is 1. The molecule has 0 unspecified atom stereocenters. The van der Waals surface area contributed by atoms with Crippen LogP contribution in [0.15, 0.2) is 77.7 Å². The molecule has 0 saturated carbocycles. The summed E-state index contributed by atoms with van der Waals surface area (Å²) in [4.78, 5) is 12.8. The van der Waals surface area contributed by atoms with Crippen LogP contribution in [-0.2, 0) is 21.2 Å². The van der Waals surface area contributed by atoms with E-state index in [4.69, 9.17) is 34.8 Å². The highest BCUT2D eigenvalue weighted by Crippen LogP contribution is 2.30. The number of benzene rings is 3. The molecule has 5 nitrogen and oxygen atoms in total. The normalized spacial score (nSPS) is 11.5. The SMILES string of the molecule is O=C(CN(CCc1ccccc1)S(=O)(=O)c1ccc(Cl)cc1)Nc1c(Cl)cccc1Cl. The fourth-order valence-electron chi connectivity index (χ4n) is 2.89. The summed E-state index contributed by atoms with van der Waals surface area (Å²) in [7, 11) is -3.95. The molecule has 9 heteroatoms. The highest BCUT2D eigenvalue weighted by atomic mass is 35.5. The first-order valence-corrected chi connectivity index (χ1v) is 11.9. The van der Waals surface area contributed by atoms with Gasteiger partial charge in [0.25, 0.3) is 0 Å². The molecule has 3 aromatic carbocycles. The number of nitrogens with one attached hydrogen (secondary N) is 1. The minimum Gasteiger partial charge on any atom is -0.322 e. The van der Waals surface area contributed by atoms with Gasteiger partial charge >= 0.3 is 0 Å². The van der Waals surface area contributed by atoms with E-state index in [2.05, 4.69) is 5.32 Å². The van der Waals surface area contributed by atoms with Crippen molar-refractivity contribution in [3.63, 3.8) is 0 Å². The van der Waals surface area contributed by atoms with Gasteiger partial charge < -0.3 is 5.32 Å². The molecule has 0 radical (unpaired) electrons. The Morgan fingerprint density at radius 3 is 2.06 bits per heavy atom. The van der Waals surface area contributed by atoms with Gasteiger partial charge in [-0.1, -0.05) is 71.2 Å². The molecule has 0 aliphatic rings. The summed E-state index contributed by atoms with van der Waals surface area (Å²) < 4.78 is 27.6. The zero-order chi connectivity index (χ0) is 22.4. The van der Waals surface area contributed by atoms with E-state index in [1.165, 1.54) is 24.3 Å². The number of anilines is 1. The lowest BCUT2D eigenvalue weighted by Gasteiger charge is -2.22. The van der Waals surface area contributed by atoms with E-state index in [0.717, 1.165) is 9.87 Å². The average molecular weight is 498 g/mol. The standard InChI is InChI=1S/C22H19Cl3N2O3S/c23-17-9-11-18(12-10-17)31(29,30)27(14-13-16-5-2-1-3-6-16)15-21(28)26-22-19(24)7-4-8-20(22)25/h1-12H,13-15H2,(H,26,28). The molecule has 162 valence electrons. The van der Waals surface area contributed by atoms with Crippen molar-refractivity contribution >= 4 is 56.4 Å². The molecule has 3 rings (SSSR count). The molecule has 1 amide bonds. The Labute approximate surface area is 196 Å². The van der Waals surface area contributed by atoms with Crippen LogP contribution in [-0.4, -0.2) is 31.7 Å². The minimum atomic E-state index is -3.95. The van der Waals surface area contributed by atoms with Gasteiger partial charge in [0, 0.05) is 11.6 Å². The lowest BCUT2D eigenvalue weighted by molar-refractivity contribution is -0.116. The number of para-hydroxylation sites is 1. The molecule has 0 aromatic heterocycles. The van der Waals surface area contributed by atoms with Crippen LogP contribution in [0.5, 0.6) is 0 Å². The third kappa shape index (κ3) is 6.21. The molecular weight excluding hydrogens is 479 g/mol. The maximum absolute atomic E-state index is 13.2. The smallest absolute Gasteiger partial charge is 0.243 e. The molecule has 3 aromatic rings. The van der Waals surface area contributed by atoms with E-state index >= 15 is 0 Å². The zero-order valence-corrected chi connectivity index (χ0v) is 19.3. The second kappa shape index (κ2) is 10.5. The Balaban J connectivity index is 1.84. The van der Waals surface area contributed by atoms with Gasteiger partial charge in [0.1, 0.15) is 0 Å². The molecule has 0 atom stereocenters. The van der Waals surface area contributed by atoms with Crippen LogP contribution in [0.2, 0.25) is 15.1 Å². The molecule has 0 fully saturated rings. The molecule has 0 aliphatic carbocycles. The highest BCUT2D eigenvalue weighted by molar-refractivity contribution is 7.89. The van der Waals surface area contributed by atoms with E-state index < -0.39 is 22.5 Å². The molecule has 1 N–H and O–H groups in total. The molecule has 0 spiro atoms. The molecule has 0 saturated heterocycles. The predicted octanol–water partition coefficient (Wildman–Crippen LogP) is 5.52. The highest BCUT2D eigenvalue weighted by Gasteiger charge is 2.27. The van der Waals surface area contributed by atoms with Gasteiger partial charge in [-0.3, -0.25) is 4.79 Å². The zero-order valence-electron chi connectivity index (χ0n) is 16.3. The summed E-state index contributed by atoms with van der Waals surface area (Å²) in [5.41, 5.74) is 1.19. The van der Waals surface area contributed by atoms with Crippen molar-refractivity contribution in [2.24, 2.45) is 0 Å². The minimum absolute atomic E-state index is 0.0496.